The number of hydrogen-bond acceptors (Lipinski definition) is 3. The van der Waals surface area contributed by atoms with Crippen LogP contribution in [0.2, 0.25) is 10.0 Å². The molecule has 1 atom stereocenters. The van der Waals surface area contributed by atoms with Crippen molar-refractivity contribution in [1.82, 2.24) is 5.32 Å². The molecule has 0 saturated heterocycles. The Bertz CT molecular complexity index is 899. The predicted octanol–water partition coefficient (Wildman–Crippen LogP) is 4.90. The first-order valence-electron chi connectivity index (χ1n) is 9.37. The van der Waals surface area contributed by atoms with Crippen molar-refractivity contribution < 1.29 is 9.59 Å². The summed E-state index contributed by atoms with van der Waals surface area (Å²) in [7, 11) is 0. The third kappa shape index (κ3) is 7.87. The smallest absolute Gasteiger partial charge is 0.224 e. The van der Waals surface area contributed by atoms with Gasteiger partial charge in [-0.1, -0.05) is 54.4 Å². The molecule has 3 N–H and O–H groups in total. The van der Waals surface area contributed by atoms with E-state index in [2.05, 4.69) is 10.6 Å². The Hall–Kier alpha value is -2.37. The molecule has 0 spiro atoms. The maximum atomic E-state index is 12.2. The van der Waals surface area contributed by atoms with E-state index in [0.29, 0.717) is 40.8 Å². The molecule has 1 unspecified atom stereocenters. The first-order chi connectivity index (χ1) is 13.7. The average molecular weight is 434 g/mol. The summed E-state index contributed by atoms with van der Waals surface area (Å²) in [5, 5.41) is 14.8. The van der Waals surface area contributed by atoms with E-state index < -0.39 is 0 Å². The summed E-state index contributed by atoms with van der Waals surface area (Å²) in [6.07, 6.45) is 1.23. The van der Waals surface area contributed by atoms with Crippen molar-refractivity contribution in [3.8, 4) is 0 Å². The van der Waals surface area contributed by atoms with Crippen LogP contribution in [0.5, 0.6) is 0 Å². The van der Waals surface area contributed by atoms with Crippen molar-refractivity contribution in [3.63, 3.8) is 0 Å². The number of hydrogen-bond donors (Lipinski definition) is 3. The zero-order valence-electron chi connectivity index (χ0n) is 16.5. The standard InChI is InChI=1S/C22H25Cl2N3O2/c1-14(9-18(25)12-17-6-4-8-20(23)22(17)24)13-26-21(29)11-16-5-3-7-19(10-16)27-15(2)28/h3-8,10,14,25H,9,11-13H2,1-2H3,(H,26,29)(H,27,28). The van der Waals surface area contributed by atoms with E-state index in [1.807, 2.05) is 25.1 Å². The van der Waals surface area contributed by atoms with Crippen molar-refractivity contribution in [3.05, 3.63) is 63.6 Å². The Balaban J connectivity index is 1.79. The van der Waals surface area contributed by atoms with E-state index in [0.717, 1.165) is 11.1 Å². The van der Waals surface area contributed by atoms with Gasteiger partial charge in [0.1, 0.15) is 0 Å². The van der Waals surface area contributed by atoms with Crippen LogP contribution in [0, 0.1) is 11.3 Å². The van der Waals surface area contributed by atoms with Gasteiger partial charge in [-0.15, -0.1) is 0 Å². The lowest BCUT2D eigenvalue weighted by Gasteiger charge is -2.14. The van der Waals surface area contributed by atoms with Gasteiger partial charge in [0, 0.05) is 31.3 Å². The van der Waals surface area contributed by atoms with Crippen LogP contribution < -0.4 is 10.6 Å². The van der Waals surface area contributed by atoms with Gasteiger partial charge in [-0.25, -0.2) is 0 Å². The van der Waals surface area contributed by atoms with E-state index in [4.69, 9.17) is 28.6 Å². The first kappa shape index (κ1) is 22.9. The van der Waals surface area contributed by atoms with Crippen molar-refractivity contribution >= 4 is 46.4 Å². The van der Waals surface area contributed by atoms with Gasteiger partial charge < -0.3 is 16.0 Å². The van der Waals surface area contributed by atoms with E-state index >= 15 is 0 Å². The molecule has 0 aromatic heterocycles. The molecule has 0 fully saturated rings. The summed E-state index contributed by atoms with van der Waals surface area (Å²) in [6.45, 7) is 3.92. The van der Waals surface area contributed by atoms with Crippen LogP contribution in [0.1, 0.15) is 31.4 Å². The molecule has 0 radical (unpaired) electrons. The van der Waals surface area contributed by atoms with E-state index in [-0.39, 0.29) is 24.2 Å². The summed E-state index contributed by atoms with van der Waals surface area (Å²) in [6, 6.07) is 12.6. The number of benzene rings is 2. The highest BCUT2D eigenvalue weighted by Crippen LogP contribution is 2.26. The summed E-state index contributed by atoms with van der Waals surface area (Å²) in [5.41, 5.74) is 2.87. The fourth-order valence-corrected chi connectivity index (χ4v) is 3.37. The van der Waals surface area contributed by atoms with Gasteiger partial charge in [-0.2, -0.15) is 0 Å². The Morgan fingerprint density at radius 3 is 2.55 bits per heavy atom. The second kappa shape index (κ2) is 11.0. The number of carbonyl (C=O) groups excluding carboxylic acids is 2. The predicted molar refractivity (Wildman–Crippen MR) is 119 cm³/mol. The third-order valence-corrected chi connectivity index (χ3v) is 5.15. The fraction of sp³-hybridized carbons (Fsp3) is 0.318. The molecule has 0 bridgehead atoms. The van der Waals surface area contributed by atoms with Gasteiger partial charge in [0.05, 0.1) is 16.5 Å². The molecule has 0 aliphatic carbocycles. The van der Waals surface area contributed by atoms with Crippen LogP contribution in [0.4, 0.5) is 5.69 Å². The van der Waals surface area contributed by atoms with Crippen LogP contribution in [-0.2, 0) is 22.4 Å². The Morgan fingerprint density at radius 1 is 1.10 bits per heavy atom. The minimum atomic E-state index is -0.151. The minimum Gasteiger partial charge on any atom is -0.356 e. The number of carbonyl (C=O) groups is 2. The lowest BCUT2D eigenvalue weighted by molar-refractivity contribution is -0.120. The zero-order chi connectivity index (χ0) is 21.4. The lowest BCUT2D eigenvalue weighted by atomic mass is 9.99. The van der Waals surface area contributed by atoms with Gasteiger partial charge in [-0.05, 0) is 41.7 Å². The van der Waals surface area contributed by atoms with Crippen LogP contribution in [0.15, 0.2) is 42.5 Å². The second-order valence-corrected chi connectivity index (χ2v) is 7.95. The second-order valence-electron chi connectivity index (χ2n) is 7.16. The molecule has 2 rings (SSSR count). The van der Waals surface area contributed by atoms with Gasteiger partial charge in [0.2, 0.25) is 11.8 Å². The van der Waals surface area contributed by atoms with Crippen LogP contribution in [0.25, 0.3) is 0 Å². The Kier molecular flexibility index (Phi) is 8.68. The van der Waals surface area contributed by atoms with Crippen LogP contribution in [0.3, 0.4) is 0 Å². The monoisotopic (exact) mass is 433 g/mol. The van der Waals surface area contributed by atoms with Crippen molar-refractivity contribution in [2.75, 3.05) is 11.9 Å². The largest absolute Gasteiger partial charge is 0.356 e. The molecule has 154 valence electrons. The van der Waals surface area contributed by atoms with Crippen molar-refractivity contribution in [1.29, 1.82) is 5.41 Å². The van der Waals surface area contributed by atoms with Gasteiger partial charge >= 0.3 is 0 Å². The first-order valence-corrected chi connectivity index (χ1v) is 10.1. The van der Waals surface area contributed by atoms with Crippen molar-refractivity contribution in [2.24, 2.45) is 5.92 Å². The molecule has 0 heterocycles. The molecule has 0 saturated carbocycles. The van der Waals surface area contributed by atoms with Crippen LogP contribution >= 0.6 is 23.2 Å². The Morgan fingerprint density at radius 2 is 1.83 bits per heavy atom. The topological polar surface area (TPSA) is 82.1 Å². The highest BCUT2D eigenvalue weighted by molar-refractivity contribution is 6.42. The molecule has 7 heteroatoms. The number of anilines is 1. The molecule has 0 aliphatic heterocycles. The summed E-state index contributed by atoms with van der Waals surface area (Å²) in [5.74, 6) is -0.127. The van der Waals surface area contributed by atoms with Crippen LogP contribution in [-0.4, -0.2) is 24.1 Å². The maximum absolute atomic E-state index is 12.2. The number of amides is 2. The normalized spacial score (nSPS) is 11.6. The number of nitrogens with one attached hydrogen (secondary N) is 3. The summed E-state index contributed by atoms with van der Waals surface area (Å²) in [4.78, 5) is 23.4. The highest BCUT2D eigenvalue weighted by atomic mass is 35.5. The molecule has 2 amide bonds. The Labute approximate surface area is 181 Å². The molecule has 29 heavy (non-hydrogen) atoms. The van der Waals surface area contributed by atoms with Crippen molar-refractivity contribution in [2.45, 2.75) is 33.1 Å². The average Bonchev–Trinajstić information content (AvgIpc) is 2.63. The SMILES string of the molecule is CC(=O)Nc1cccc(CC(=O)NCC(C)CC(=N)Cc2cccc(Cl)c2Cl)c1. The maximum Gasteiger partial charge on any atom is 0.224 e. The highest BCUT2D eigenvalue weighted by Gasteiger charge is 2.12. The quantitative estimate of drug-likeness (QED) is 0.491. The summed E-state index contributed by atoms with van der Waals surface area (Å²) >= 11 is 12.2. The fourth-order valence-electron chi connectivity index (χ4n) is 2.98. The molecule has 2 aromatic rings. The van der Waals surface area contributed by atoms with E-state index in [1.54, 1.807) is 24.3 Å². The summed E-state index contributed by atoms with van der Waals surface area (Å²) < 4.78 is 0. The van der Waals surface area contributed by atoms with Gasteiger partial charge in [0.15, 0.2) is 0 Å². The third-order valence-electron chi connectivity index (χ3n) is 4.29. The zero-order valence-corrected chi connectivity index (χ0v) is 18.0. The molecular formula is C22H25Cl2N3O2. The minimum absolute atomic E-state index is 0.0961. The lowest BCUT2D eigenvalue weighted by Crippen LogP contribution is -2.30. The molecule has 5 nitrogen and oxygen atoms in total. The van der Waals surface area contributed by atoms with Gasteiger partial charge in [-0.3, -0.25) is 9.59 Å². The number of rotatable bonds is 9. The number of halogens is 2. The van der Waals surface area contributed by atoms with E-state index in [1.165, 1.54) is 6.92 Å². The van der Waals surface area contributed by atoms with Gasteiger partial charge in [0.25, 0.3) is 0 Å². The molecule has 0 aliphatic rings. The molecule has 2 aromatic carbocycles. The molecular weight excluding hydrogens is 409 g/mol. The van der Waals surface area contributed by atoms with E-state index in [9.17, 15) is 9.59 Å².